The standard InChI is InChI=1S/C32H35N5O6/c33-24(15-20-9-3-1-4-10-20)29(39)35-26(17-22-18-34-25-14-8-7-13-23(22)25)30(40)37-28(19-38)31(41)36-27(32(42)43)16-21-11-5-2-6-12-21/h1-14,18,24,26-28,34,38H,15-17,19,33H2,(H,35,39)(H,36,41)(H,37,40)(H,42,43). The molecule has 4 aromatic rings. The zero-order valence-electron chi connectivity index (χ0n) is 23.4. The molecule has 0 aliphatic carbocycles. The number of amides is 3. The maximum Gasteiger partial charge on any atom is 0.326 e. The number of aliphatic carboxylic acids is 1. The molecule has 0 bridgehead atoms. The summed E-state index contributed by atoms with van der Waals surface area (Å²) in [5, 5.41) is 28.0. The topological polar surface area (TPSA) is 187 Å². The maximum absolute atomic E-state index is 13.5. The number of para-hydroxylation sites is 1. The van der Waals surface area contributed by atoms with E-state index in [9.17, 15) is 29.4 Å². The normalized spacial score (nSPS) is 13.8. The molecule has 0 spiro atoms. The Morgan fingerprint density at radius 2 is 1.21 bits per heavy atom. The van der Waals surface area contributed by atoms with Crippen molar-refractivity contribution in [2.75, 3.05) is 6.61 Å². The van der Waals surface area contributed by atoms with E-state index < -0.39 is 54.5 Å². The van der Waals surface area contributed by atoms with Crippen LogP contribution in [-0.2, 0) is 38.4 Å². The number of hydrogen-bond donors (Lipinski definition) is 7. The molecule has 0 saturated heterocycles. The van der Waals surface area contributed by atoms with Crippen LogP contribution in [-0.4, -0.2) is 69.7 Å². The molecular formula is C32H35N5O6. The molecule has 0 aliphatic rings. The first-order valence-corrected chi connectivity index (χ1v) is 13.9. The van der Waals surface area contributed by atoms with Crippen LogP contribution in [0.1, 0.15) is 16.7 Å². The van der Waals surface area contributed by atoms with Gasteiger partial charge in [0.25, 0.3) is 0 Å². The van der Waals surface area contributed by atoms with Crippen LogP contribution in [0.3, 0.4) is 0 Å². The molecule has 4 rings (SSSR count). The minimum atomic E-state index is -1.47. The summed E-state index contributed by atoms with van der Waals surface area (Å²) in [6.07, 6.45) is 2.05. The van der Waals surface area contributed by atoms with Crippen LogP contribution < -0.4 is 21.7 Å². The number of carboxylic acid groups (broad SMARTS) is 1. The number of carbonyl (C=O) groups excluding carboxylic acids is 3. The van der Waals surface area contributed by atoms with Crippen LogP contribution in [0.15, 0.2) is 91.1 Å². The summed E-state index contributed by atoms with van der Waals surface area (Å²) >= 11 is 0. The number of rotatable bonds is 14. The number of aromatic nitrogens is 1. The Bertz CT molecular complexity index is 1540. The zero-order valence-corrected chi connectivity index (χ0v) is 23.4. The van der Waals surface area contributed by atoms with Crippen molar-refractivity contribution in [2.24, 2.45) is 5.73 Å². The van der Waals surface area contributed by atoms with Gasteiger partial charge in [-0.25, -0.2) is 4.79 Å². The number of aliphatic hydroxyl groups is 1. The summed E-state index contributed by atoms with van der Waals surface area (Å²) in [4.78, 5) is 54.6. The highest BCUT2D eigenvalue weighted by Crippen LogP contribution is 2.19. The average molecular weight is 586 g/mol. The van der Waals surface area contributed by atoms with Gasteiger partial charge in [0.05, 0.1) is 12.6 Å². The molecule has 1 aromatic heterocycles. The molecule has 4 unspecified atom stereocenters. The number of nitrogens with one attached hydrogen (secondary N) is 4. The molecule has 4 atom stereocenters. The number of carboxylic acids is 1. The first-order valence-electron chi connectivity index (χ1n) is 13.9. The van der Waals surface area contributed by atoms with Gasteiger partial charge in [-0.1, -0.05) is 78.9 Å². The van der Waals surface area contributed by atoms with Gasteiger partial charge >= 0.3 is 5.97 Å². The van der Waals surface area contributed by atoms with Gasteiger partial charge in [-0.05, 0) is 29.2 Å². The van der Waals surface area contributed by atoms with E-state index in [0.29, 0.717) is 5.56 Å². The molecule has 224 valence electrons. The Labute approximate surface area is 248 Å². The summed E-state index contributed by atoms with van der Waals surface area (Å²) in [6, 6.07) is 20.6. The minimum absolute atomic E-state index is 0.00651. The second kappa shape index (κ2) is 14.8. The number of benzene rings is 3. The van der Waals surface area contributed by atoms with Crippen molar-refractivity contribution in [2.45, 2.75) is 43.4 Å². The molecule has 3 amide bonds. The molecule has 11 heteroatoms. The van der Waals surface area contributed by atoms with Crippen LogP contribution in [0.4, 0.5) is 0 Å². The predicted octanol–water partition coefficient (Wildman–Crippen LogP) is 1.05. The smallest absolute Gasteiger partial charge is 0.326 e. The summed E-state index contributed by atoms with van der Waals surface area (Å²) in [7, 11) is 0. The van der Waals surface area contributed by atoms with E-state index in [4.69, 9.17) is 5.73 Å². The highest BCUT2D eigenvalue weighted by Gasteiger charge is 2.31. The fourth-order valence-electron chi connectivity index (χ4n) is 4.76. The Hall–Kier alpha value is -5.00. The van der Waals surface area contributed by atoms with E-state index in [1.165, 1.54) is 0 Å². The first-order chi connectivity index (χ1) is 20.7. The lowest BCUT2D eigenvalue weighted by Crippen LogP contribution is -2.58. The molecule has 0 aliphatic heterocycles. The predicted molar refractivity (Wildman–Crippen MR) is 161 cm³/mol. The summed E-state index contributed by atoms with van der Waals surface area (Å²) in [6.45, 7) is -0.795. The Kier molecular flexibility index (Phi) is 10.6. The van der Waals surface area contributed by atoms with E-state index in [0.717, 1.165) is 22.0 Å². The lowest BCUT2D eigenvalue weighted by molar-refractivity contribution is -0.142. The molecule has 43 heavy (non-hydrogen) atoms. The third-order valence-corrected chi connectivity index (χ3v) is 7.08. The SMILES string of the molecule is NC(Cc1ccccc1)C(=O)NC(Cc1c[nH]c2ccccc12)C(=O)NC(CO)C(=O)NC(Cc1ccccc1)C(=O)O. The van der Waals surface area contributed by atoms with Gasteiger partial charge in [0.1, 0.15) is 18.1 Å². The van der Waals surface area contributed by atoms with E-state index in [1.807, 2.05) is 54.6 Å². The van der Waals surface area contributed by atoms with Gasteiger partial charge in [-0.15, -0.1) is 0 Å². The second-order valence-electron chi connectivity index (χ2n) is 10.3. The maximum atomic E-state index is 13.5. The number of hydrogen-bond acceptors (Lipinski definition) is 6. The van der Waals surface area contributed by atoms with Crippen LogP contribution in [0.2, 0.25) is 0 Å². The van der Waals surface area contributed by atoms with Crippen molar-refractivity contribution < 1.29 is 29.4 Å². The fourth-order valence-corrected chi connectivity index (χ4v) is 4.76. The van der Waals surface area contributed by atoms with Gasteiger partial charge in [-0.3, -0.25) is 14.4 Å². The molecule has 1 heterocycles. The highest BCUT2D eigenvalue weighted by atomic mass is 16.4. The number of H-pyrrole nitrogens is 1. The quantitative estimate of drug-likeness (QED) is 0.115. The van der Waals surface area contributed by atoms with Gasteiger partial charge in [-0.2, -0.15) is 0 Å². The summed E-state index contributed by atoms with van der Waals surface area (Å²) in [5.74, 6) is -3.45. The molecule has 11 nitrogen and oxygen atoms in total. The van der Waals surface area contributed by atoms with Crippen molar-refractivity contribution in [3.05, 3.63) is 108 Å². The Morgan fingerprint density at radius 1 is 0.674 bits per heavy atom. The second-order valence-corrected chi connectivity index (χ2v) is 10.3. The van der Waals surface area contributed by atoms with Gasteiger partial charge in [0.15, 0.2) is 0 Å². The van der Waals surface area contributed by atoms with Crippen molar-refractivity contribution in [1.82, 2.24) is 20.9 Å². The van der Waals surface area contributed by atoms with E-state index in [-0.39, 0.29) is 19.3 Å². The fraction of sp³-hybridized carbons (Fsp3) is 0.250. The van der Waals surface area contributed by atoms with Crippen LogP contribution >= 0.6 is 0 Å². The average Bonchev–Trinajstić information content (AvgIpc) is 3.42. The van der Waals surface area contributed by atoms with Crippen molar-refractivity contribution in [1.29, 1.82) is 0 Å². The van der Waals surface area contributed by atoms with Crippen LogP contribution in [0.5, 0.6) is 0 Å². The molecule has 3 aromatic carbocycles. The Balaban J connectivity index is 1.49. The first kappa shape index (κ1) is 30.9. The number of carbonyl (C=O) groups is 4. The van der Waals surface area contributed by atoms with Crippen molar-refractivity contribution in [3.8, 4) is 0 Å². The van der Waals surface area contributed by atoms with E-state index in [2.05, 4.69) is 20.9 Å². The number of aliphatic hydroxyl groups excluding tert-OH is 1. The summed E-state index contributed by atoms with van der Waals surface area (Å²) < 4.78 is 0. The number of aromatic amines is 1. The van der Waals surface area contributed by atoms with Crippen LogP contribution in [0.25, 0.3) is 10.9 Å². The van der Waals surface area contributed by atoms with E-state index >= 15 is 0 Å². The third kappa shape index (κ3) is 8.51. The minimum Gasteiger partial charge on any atom is -0.480 e. The van der Waals surface area contributed by atoms with Gasteiger partial charge in [0, 0.05) is 29.9 Å². The van der Waals surface area contributed by atoms with Crippen molar-refractivity contribution >= 4 is 34.6 Å². The molecule has 0 saturated carbocycles. The number of fused-ring (bicyclic) bond motifs is 1. The third-order valence-electron chi connectivity index (χ3n) is 7.08. The van der Waals surface area contributed by atoms with Gasteiger partial charge in [0.2, 0.25) is 17.7 Å². The lowest BCUT2D eigenvalue weighted by atomic mass is 10.0. The molecule has 0 fully saturated rings. The monoisotopic (exact) mass is 585 g/mol. The molecular weight excluding hydrogens is 550 g/mol. The van der Waals surface area contributed by atoms with Crippen molar-refractivity contribution in [3.63, 3.8) is 0 Å². The largest absolute Gasteiger partial charge is 0.480 e. The Morgan fingerprint density at radius 3 is 1.84 bits per heavy atom. The van der Waals surface area contributed by atoms with Gasteiger partial charge < -0.3 is 36.9 Å². The number of nitrogens with two attached hydrogens (primary N) is 1. The highest BCUT2D eigenvalue weighted by molar-refractivity contribution is 5.95. The zero-order chi connectivity index (χ0) is 30.8. The lowest BCUT2D eigenvalue weighted by Gasteiger charge is -2.24. The molecule has 0 radical (unpaired) electrons. The van der Waals surface area contributed by atoms with Crippen LogP contribution in [0, 0.1) is 0 Å². The van der Waals surface area contributed by atoms with E-state index in [1.54, 1.807) is 36.5 Å². The molecule has 8 N–H and O–H groups in total. The summed E-state index contributed by atoms with van der Waals surface area (Å²) in [5.41, 5.74) is 9.30.